The number of aromatic nitrogens is 2. The van der Waals surface area contributed by atoms with E-state index in [2.05, 4.69) is 15.3 Å². The molecule has 0 unspecified atom stereocenters. The minimum atomic E-state index is -0.800. The number of nitrogens with two attached hydrogens (primary N) is 1. The van der Waals surface area contributed by atoms with Gasteiger partial charge in [0.1, 0.15) is 11.5 Å². The van der Waals surface area contributed by atoms with Crippen LogP contribution < -0.4 is 16.8 Å². The summed E-state index contributed by atoms with van der Waals surface area (Å²) in [5, 5.41) is 3.85. The largest absolute Gasteiger partial charge is 0.464 e. The Morgan fingerprint density at radius 3 is 2.76 bits per heavy atom. The number of hydrogen-bond donors (Lipinski definition) is 2. The lowest BCUT2D eigenvalue weighted by atomic mass is 10.2. The number of halogens is 1. The molecular weight excluding hydrogens is 279 g/mol. The Hall–Kier alpha value is -2.74. The van der Waals surface area contributed by atoms with Gasteiger partial charge >= 0.3 is 5.97 Å². The molecule has 0 saturated heterocycles. The van der Waals surface area contributed by atoms with Crippen LogP contribution in [0, 0.1) is 12.7 Å². The van der Waals surface area contributed by atoms with Crippen LogP contribution in [0.5, 0.6) is 0 Å². The third-order valence-corrected chi connectivity index (χ3v) is 2.87. The average Bonchev–Trinajstić information content (AvgIpc) is 2.47. The summed E-state index contributed by atoms with van der Waals surface area (Å²) in [6.45, 7) is 1.62. The minimum absolute atomic E-state index is 0.00269. The number of nitrogens with zero attached hydrogens (tertiary/aromatic N) is 2. The molecule has 1 heterocycles. The number of esters is 1. The van der Waals surface area contributed by atoms with Crippen LogP contribution in [0.4, 0.5) is 10.1 Å². The molecule has 0 amide bonds. The summed E-state index contributed by atoms with van der Waals surface area (Å²) in [6, 6.07) is 5.38. The van der Waals surface area contributed by atoms with Crippen molar-refractivity contribution in [2.75, 3.05) is 12.5 Å². The number of nitrogen functional groups attached to an aromatic ring is 1. The lowest BCUT2D eigenvalue weighted by Gasteiger charge is -2.12. The summed E-state index contributed by atoms with van der Waals surface area (Å²) in [5.74, 6) is 3.81. The minimum Gasteiger partial charge on any atom is -0.464 e. The smallest absolute Gasteiger partial charge is 0.360 e. The number of carbonyl (C=O) groups is 1. The molecule has 1 aromatic heterocycles. The summed E-state index contributed by atoms with van der Waals surface area (Å²) in [7, 11) is 1.16. The van der Waals surface area contributed by atoms with E-state index < -0.39 is 17.3 Å². The number of rotatable bonds is 3. The molecule has 0 aliphatic rings. The van der Waals surface area contributed by atoms with Crippen LogP contribution in [0.25, 0.3) is 5.69 Å². The standard InChI is InChI=1S/C13H13FN4O3/c1-7-4-3-5-8(14)12(7)18-10(19)6-9(16-15)11(17-18)13(20)21-2/h3-6,16H,15H2,1-2H3. The highest BCUT2D eigenvalue weighted by Gasteiger charge is 2.19. The van der Waals surface area contributed by atoms with Crippen molar-refractivity contribution in [3.8, 4) is 5.69 Å². The van der Waals surface area contributed by atoms with Gasteiger partial charge in [0.25, 0.3) is 5.56 Å². The molecule has 0 saturated carbocycles. The van der Waals surface area contributed by atoms with Gasteiger partial charge in [-0.15, -0.1) is 0 Å². The molecule has 0 fully saturated rings. The Bertz CT molecular complexity index is 737. The molecule has 3 N–H and O–H groups in total. The quantitative estimate of drug-likeness (QED) is 0.492. The Morgan fingerprint density at radius 2 is 2.19 bits per heavy atom. The van der Waals surface area contributed by atoms with Gasteiger partial charge in [-0.05, 0) is 18.6 Å². The normalized spacial score (nSPS) is 10.3. The summed E-state index contributed by atoms with van der Waals surface area (Å²) in [5.41, 5.74) is 1.79. The van der Waals surface area contributed by atoms with Gasteiger partial charge in [0.15, 0.2) is 5.69 Å². The monoisotopic (exact) mass is 292 g/mol. The van der Waals surface area contributed by atoms with Crippen LogP contribution in [0.1, 0.15) is 16.1 Å². The van der Waals surface area contributed by atoms with Gasteiger partial charge < -0.3 is 10.2 Å². The Labute approximate surface area is 119 Å². The van der Waals surface area contributed by atoms with Crippen LogP contribution in [0.2, 0.25) is 0 Å². The van der Waals surface area contributed by atoms with E-state index >= 15 is 0 Å². The zero-order valence-corrected chi connectivity index (χ0v) is 11.4. The lowest BCUT2D eigenvalue weighted by Crippen LogP contribution is -2.27. The topological polar surface area (TPSA) is 99.2 Å². The molecule has 0 radical (unpaired) electrons. The van der Waals surface area contributed by atoms with Gasteiger partial charge in [0.05, 0.1) is 12.8 Å². The first-order chi connectivity index (χ1) is 9.99. The number of methoxy groups -OCH3 is 1. The van der Waals surface area contributed by atoms with Crippen molar-refractivity contribution >= 4 is 11.7 Å². The molecule has 7 nitrogen and oxygen atoms in total. The van der Waals surface area contributed by atoms with E-state index in [1.54, 1.807) is 13.0 Å². The number of hydrazine groups is 1. The first-order valence-electron chi connectivity index (χ1n) is 5.94. The average molecular weight is 292 g/mol. The zero-order valence-electron chi connectivity index (χ0n) is 11.4. The summed E-state index contributed by atoms with van der Waals surface area (Å²) in [6.07, 6.45) is 0. The van der Waals surface area contributed by atoms with E-state index in [-0.39, 0.29) is 17.1 Å². The van der Waals surface area contributed by atoms with Crippen molar-refractivity contribution < 1.29 is 13.9 Å². The van der Waals surface area contributed by atoms with Crippen LogP contribution in [-0.4, -0.2) is 22.9 Å². The molecule has 21 heavy (non-hydrogen) atoms. The number of benzene rings is 1. The van der Waals surface area contributed by atoms with Crippen molar-refractivity contribution in [1.29, 1.82) is 0 Å². The van der Waals surface area contributed by atoms with Crippen LogP contribution in [0.3, 0.4) is 0 Å². The third kappa shape index (κ3) is 2.61. The maximum absolute atomic E-state index is 14.0. The second kappa shape index (κ2) is 5.71. The summed E-state index contributed by atoms with van der Waals surface area (Å²) in [4.78, 5) is 23.7. The second-order valence-corrected chi connectivity index (χ2v) is 4.20. The van der Waals surface area contributed by atoms with E-state index in [1.165, 1.54) is 12.1 Å². The molecule has 0 spiro atoms. The van der Waals surface area contributed by atoms with Crippen molar-refractivity contribution in [2.45, 2.75) is 6.92 Å². The van der Waals surface area contributed by atoms with E-state index in [1.807, 2.05) is 0 Å². The van der Waals surface area contributed by atoms with E-state index in [0.717, 1.165) is 17.9 Å². The maximum Gasteiger partial charge on any atom is 0.360 e. The van der Waals surface area contributed by atoms with E-state index in [0.29, 0.717) is 5.56 Å². The van der Waals surface area contributed by atoms with Gasteiger partial charge in [-0.2, -0.15) is 9.78 Å². The fourth-order valence-electron chi connectivity index (χ4n) is 1.87. The first-order valence-corrected chi connectivity index (χ1v) is 5.94. The highest BCUT2D eigenvalue weighted by Crippen LogP contribution is 2.17. The van der Waals surface area contributed by atoms with Crippen molar-refractivity contribution in [2.24, 2.45) is 5.84 Å². The van der Waals surface area contributed by atoms with Gasteiger partial charge in [-0.3, -0.25) is 10.6 Å². The first kappa shape index (κ1) is 14.7. The highest BCUT2D eigenvalue weighted by molar-refractivity contribution is 5.93. The van der Waals surface area contributed by atoms with Crippen molar-refractivity contribution in [3.63, 3.8) is 0 Å². The number of para-hydroxylation sites is 1. The molecule has 110 valence electrons. The summed E-state index contributed by atoms with van der Waals surface area (Å²) < 4.78 is 19.3. The molecular formula is C13H13FN4O3. The molecule has 8 heteroatoms. The third-order valence-electron chi connectivity index (χ3n) is 2.87. The molecule has 2 rings (SSSR count). The van der Waals surface area contributed by atoms with Gasteiger partial charge in [-0.1, -0.05) is 12.1 Å². The Balaban J connectivity index is 2.76. The molecule has 1 aromatic carbocycles. The predicted molar refractivity (Wildman–Crippen MR) is 73.7 cm³/mol. The van der Waals surface area contributed by atoms with Crippen molar-refractivity contribution in [1.82, 2.24) is 9.78 Å². The number of ether oxygens (including phenoxy) is 1. The van der Waals surface area contributed by atoms with Crippen LogP contribution in [-0.2, 0) is 4.74 Å². The maximum atomic E-state index is 14.0. The van der Waals surface area contributed by atoms with Crippen LogP contribution in [0.15, 0.2) is 29.1 Å². The number of carbonyl (C=O) groups excluding carboxylic acids is 1. The molecule has 0 aliphatic heterocycles. The fourth-order valence-corrected chi connectivity index (χ4v) is 1.87. The second-order valence-electron chi connectivity index (χ2n) is 4.20. The van der Waals surface area contributed by atoms with Gasteiger partial charge in [0, 0.05) is 6.07 Å². The van der Waals surface area contributed by atoms with Gasteiger partial charge in [0.2, 0.25) is 0 Å². The molecule has 0 atom stereocenters. The number of aryl methyl sites for hydroxylation is 1. The molecule has 2 aromatic rings. The van der Waals surface area contributed by atoms with E-state index in [9.17, 15) is 14.0 Å². The molecule has 0 bridgehead atoms. The lowest BCUT2D eigenvalue weighted by molar-refractivity contribution is 0.0593. The number of nitrogens with one attached hydrogen (secondary N) is 1. The van der Waals surface area contributed by atoms with Crippen LogP contribution >= 0.6 is 0 Å². The SMILES string of the molecule is COC(=O)c1nn(-c2c(C)cccc2F)c(=O)cc1NN. The highest BCUT2D eigenvalue weighted by atomic mass is 19.1. The zero-order chi connectivity index (χ0) is 15.6. The Morgan fingerprint density at radius 1 is 1.48 bits per heavy atom. The van der Waals surface area contributed by atoms with Crippen molar-refractivity contribution in [3.05, 3.63) is 51.7 Å². The Kier molecular flexibility index (Phi) is 3.99. The number of anilines is 1. The molecule has 0 aliphatic carbocycles. The fraction of sp³-hybridized carbons (Fsp3) is 0.154. The van der Waals surface area contributed by atoms with Gasteiger partial charge in [-0.25, -0.2) is 9.18 Å². The summed E-state index contributed by atoms with van der Waals surface area (Å²) >= 11 is 0. The number of hydrogen-bond acceptors (Lipinski definition) is 6. The van der Waals surface area contributed by atoms with E-state index in [4.69, 9.17) is 5.84 Å². The predicted octanol–water partition coefficient (Wildman–Crippen LogP) is 0.752.